The normalized spacial score (nSPS) is 28.2. The van der Waals surface area contributed by atoms with E-state index < -0.39 is 85.0 Å². The summed E-state index contributed by atoms with van der Waals surface area (Å²) >= 11 is 0. The van der Waals surface area contributed by atoms with E-state index in [-0.39, 0.29) is 0 Å². The van der Waals surface area contributed by atoms with Crippen molar-refractivity contribution in [1.29, 1.82) is 0 Å². The van der Waals surface area contributed by atoms with Crippen LogP contribution in [-0.2, 0) is 23.8 Å². The molecule has 0 saturated carbocycles. The summed E-state index contributed by atoms with van der Waals surface area (Å²) < 4.78 is 14.2. The number of hydrogen-bond donors (Lipinski definition) is 3. The summed E-state index contributed by atoms with van der Waals surface area (Å²) in [6.07, 6.45) is -9.65. The van der Waals surface area contributed by atoms with E-state index >= 15 is 0 Å². The van der Waals surface area contributed by atoms with Crippen LogP contribution in [0.2, 0.25) is 0 Å². The van der Waals surface area contributed by atoms with Crippen LogP contribution in [0.15, 0.2) is 0 Å². The SMILES string of the molecule is O=C(CC[N+](=O)[O-])OC[C@H]1O[C@H](O)[C@H](OC(=O)CC[N+](=O)[O-])C(O)[C@@H]1O. The lowest BCUT2D eigenvalue weighted by Crippen LogP contribution is -2.60. The van der Waals surface area contributed by atoms with Crippen LogP contribution in [-0.4, -0.2) is 87.5 Å². The minimum Gasteiger partial charge on any atom is -0.463 e. The third kappa shape index (κ3) is 6.83. The zero-order valence-electron chi connectivity index (χ0n) is 13.3. The molecule has 0 amide bonds. The van der Waals surface area contributed by atoms with Gasteiger partial charge in [0.1, 0.15) is 37.8 Å². The number of carbonyl (C=O) groups is 2. The van der Waals surface area contributed by atoms with Crippen molar-refractivity contribution in [2.24, 2.45) is 0 Å². The van der Waals surface area contributed by atoms with Crippen molar-refractivity contribution < 1.29 is 49.0 Å². The molecular weight excluding hydrogens is 364 g/mol. The summed E-state index contributed by atoms with van der Waals surface area (Å²) in [5.41, 5.74) is 0. The van der Waals surface area contributed by atoms with Crippen LogP contribution in [0.3, 0.4) is 0 Å². The largest absolute Gasteiger partial charge is 0.463 e. The summed E-state index contributed by atoms with van der Waals surface area (Å²) in [5, 5.41) is 49.9. The number of ether oxygens (including phenoxy) is 3. The highest BCUT2D eigenvalue weighted by molar-refractivity contribution is 5.70. The predicted octanol–water partition coefficient (Wildman–Crippen LogP) is -2.79. The third-order valence-electron chi connectivity index (χ3n) is 3.34. The van der Waals surface area contributed by atoms with Gasteiger partial charge < -0.3 is 29.5 Å². The number of rotatable bonds is 9. The topological polar surface area (TPSA) is 209 Å². The molecule has 26 heavy (non-hydrogen) atoms. The Bertz CT molecular complexity index is 538. The van der Waals surface area contributed by atoms with E-state index in [1.807, 2.05) is 0 Å². The monoisotopic (exact) mass is 382 g/mol. The molecule has 0 aliphatic carbocycles. The Kier molecular flexibility index (Phi) is 8.24. The molecule has 3 N–H and O–H groups in total. The van der Waals surface area contributed by atoms with E-state index in [0.29, 0.717) is 0 Å². The van der Waals surface area contributed by atoms with Gasteiger partial charge >= 0.3 is 11.9 Å². The maximum Gasteiger partial charge on any atom is 0.313 e. The lowest BCUT2D eigenvalue weighted by molar-refractivity contribution is -0.479. The van der Waals surface area contributed by atoms with Crippen molar-refractivity contribution in [2.75, 3.05) is 19.7 Å². The fourth-order valence-electron chi connectivity index (χ4n) is 2.01. The van der Waals surface area contributed by atoms with Gasteiger partial charge in [-0.25, -0.2) is 0 Å². The van der Waals surface area contributed by atoms with Gasteiger partial charge in [-0.15, -0.1) is 0 Å². The molecule has 1 rings (SSSR count). The molecule has 1 fully saturated rings. The lowest BCUT2D eigenvalue weighted by Gasteiger charge is -2.39. The van der Waals surface area contributed by atoms with Gasteiger partial charge in [0.05, 0.1) is 0 Å². The highest BCUT2D eigenvalue weighted by Gasteiger charge is 2.46. The fraction of sp³-hybridized carbons (Fsp3) is 0.833. The molecule has 14 heteroatoms. The van der Waals surface area contributed by atoms with E-state index in [2.05, 4.69) is 9.47 Å². The fourth-order valence-corrected chi connectivity index (χ4v) is 2.01. The first kappa shape index (κ1) is 21.6. The molecule has 1 saturated heterocycles. The summed E-state index contributed by atoms with van der Waals surface area (Å²) in [4.78, 5) is 41.6. The first-order chi connectivity index (χ1) is 12.1. The van der Waals surface area contributed by atoms with Gasteiger partial charge in [0.2, 0.25) is 13.1 Å². The van der Waals surface area contributed by atoms with Crippen molar-refractivity contribution >= 4 is 11.9 Å². The first-order valence-corrected chi connectivity index (χ1v) is 7.40. The smallest absolute Gasteiger partial charge is 0.313 e. The minimum atomic E-state index is -1.89. The number of nitrogens with zero attached hydrogens (tertiary/aromatic N) is 2. The molecule has 1 heterocycles. The summed E-state index contributed by atoms with van der Waals surface area (Å²) in [6.45, 7) is -1.99. The molecule has 0 spiro atoms. The van der Waals surface area contributed by atoms with Crippen molar-refractivity contribution in [3.63, 3.8) is 0 Å². The minimum absolute atomic E-state index is 0.516. The molecule has 5 atom stereocenters. The Morgan fingerprint density at radius 1 is 0.962 bits per heavy atom. The first-order valence-electron chi connectivity index (χ1n) is 7.40. The number of hydrogen-bond acceptors (Lipinski definition) is 12. The van der Waals surface area contributed by atoms with Crippen molar-refractivity contribution in [2.45, 2.75) is 43.5 Å². The Morgan fingerprint density at radius 3 is 2.04 bits per heavy atom. The van der Waals surface area contributed by atoms with Crippen LogP contribution in [0.1, 0.15) is 12.8 Å². The molecule has 1 aliphatic heterocycles. The average molecular weight is 382 g/mol. The van der Waals surface area contributed by atoms with Gasteiger partial charge in [-0.3, -0.25) is 29.8 Å². The molecule has 0 radical (unpaired) electrons. The molecule has 0 aromatic carbocycles. The molecule has 0 aromatic heterocycles. The summed E-state index contributed by atoms with van der Waals surface area (Å²) in [7, 11) is 0. The molecule has 14 nitrogen and oxygen atoms in total. The number of aliphatic hydroxyl groups excluding tert-OH is 3. The Hall–Kier alpha value is -2.42. The van der Waals surface area contributed by atoms with Gasteiger partial charge in [-0.2, -0.15) is 0 Å². The second kappa shape index (κ2) is 9.91. The van der Waals surface area contributed by atoms with Crippen LogP contribution in [0.25, 0.3) is 0 Å². The van der Waals surface area contributed by atoms with Gasteiger partial charge in [0.15, 0.2) is 12.4 Å². The molecule has 1 unspecified atom stereocenters. The third-order valence-corrected chi connectivity index (χ3v) is 3.34. The Morgan fingerprint density at radius 2 is 1.50 bits per heavy atom. The van der Waals surface area contributed by atoms with Gasteiger partial charge in [0.25, 0.3) is 0 Å². The van der Waals surface area contributed by atoms with E-state index in [1.54, 1.807) is 0 Å². The zero-order valence-corrected chi connectivity index (χ0v) is 13.3. The number of aliphatic hydroxyl groups is 3. The molecule has 0 bridgehead atoms. The van der Waals surface area contributed by atoms with Crippen LogP contribution in [0, 0.1) is 20.2 Å². The Labute approximate surface area is 145 Å². The molecule has 148 valence electrons. The second-order valence-corrected chi connectivity index (χ2v) is 5.30. The predicted molar refractivity (Wildman–Crippen MR) is 76.7 cm³/mol. The maximum absolute atomic E-state index is 11.4. The van der Waals surface area contributed by atoms with Gasteiger partial charge in [-0.05, 0) is 0 Å². The van der Waals surface area contributed by atoms with Crippen LogP contribution in [0.4, 0.5) is 0 Å². The second-order valence-electron chi connectivity index (χ2n) is 5.30. The lowest BCUT2D eigenvalue weighted by atomic mass is 9.99. The standard InChI is InChI=1S/C12H18N2O12/c15-7(1-3-13(20)21)24-5-6-9(17)10(18)11(12(19)25-6)26-8(16)2-4-14(22)23/h6,9-12,17-19H,1-5H2/t6-,9-,10?,11-,12+/m1/s1. The molecule has 0 aromatic rings. The highest BCUT2D eigenvalue weighted by Crippen LogP contribution is 2.23. The highest BCUT2D eigenvalue weighted by atomic mass is 16.7. The number of esters is 2. The average Bonchev–Trinajstić information content (AvgIpc) is 2.56. The number of carbonyl (C=O) groups excluding carboxylic acids is 2. The van der Waals surface area contributed by atoms with Crippen LogP contribution in [0.5, 0.6) is 0 Å². The van der Waals surface area contributed by atoms with E-state index in [1.165, 1.54) is 0 Å². The molecular formula is C12H18N2O12. The summed E-state index contributed by atoms with van der Waals surface area (Å²) in [6, 6.07) is 0. The molecule has 1 aliphatic rings. The van der Waals surface area contributed by atoms with Crippen molar-refractivity contribution in [3.8, 4) is 0 Å². The van der Waals surface area contributed by atoms with E-state index in [4.69, 9.17) is 4.74 Å². The number of nitro groups is 2. The quantitative estimate of drug-likeness (QED) is 0.210. The Balaban J connectivity index is 2.52. The van der Waals surface area contributed by atoms with Crippen LogP contribution < -0.4 is 0 Å². The van der Waals surface area contributed by atoms with E-state index in [0.717, 1.165) is 0 Å². The van der Waals surface area contributed by atoms with Crippen molar-refractivity contribution in [3.05, 3.63) is 20.2 Å². The maximum atomic E-state index is 11.4. The van der Waals surface area contributed by atoms with Crippen molar-refractivity contribution in [1.82, 2.24) is 0 Å². The van der Waals surface area contributed by atoms with Gasteiger partial charge in [-0.1, -0.05) is 0 Å². The summed E-state index contributed by atoms with van der Waals surface area (Å²) in [5.74, 6) is -2.04. The van der Waals surface area contributed by atoms with Gasteiger partial charge in [0, 0.05) is 9.85 Å². The van der Waals surface area contributed by atoms with Crippen LogP contribution >= 0.6 is 0 Å². The zero-order chi connectivity index (χ0) is 19.9. The van der Waals surface area contributed by atoms with E-state index in [9.17, 15) is 45.1 Å².